The van der Waals surface area contributed by atoms with E-state index in [1.165, 1.54) is 17.6 Å². The molecule has 15 nitrogen and oxygen atoms in total. The lowest BCUT2D eigenvalue weighted by atomic mass is 9.84. The predicted octanol–water partition coefficient (Wildman–Crippen LogP) is -1.76. The SMILES string of the molecule is CC(C)CC(C(=O)NC(C(=O)NCCNC(=O)COCCOCCN1C(=O)C=CC1=O)C(C)(C)C)C(O)C(=O)NO. The molecule has 0 fully saturated rings. The summed E-state index contributed by atoms with van der Waals surface area (Å²) < 4.78 is 10.5. The Morgan fingerprint density at radius 1 is 0.902 bits per heavy atom. The van der Waals surface area contributed by atoms with Gasteiger partial charge in [0.25, 0.3) is 17.7 Å². The third-order valence-electron chi connectivity index (χ3n) is 5.95. The van der Waals surface area contributed by atoms with Gasteiger partial charge in [-0.2, -0.15) is 0 Å². The van der Waals surface area contributed by atoms with E-state index in [4.69, 9.17) is 14.7 Å². The van der Waals surface area contributed by atoms with E-state index in [1.54, 1.807) is 34.6 Å². The standard InChI is InChI=1S/C26H43N5O10/c1-16(2)14-17(21(35)24(37)30-39)23(36)29-22(26(3,4)5)25(38)28-9-8-27-18(32)15-41-13-12-40-11-10-31-19(33)6-7-20(31)34/h6-7,16-17,21-22,35,39H,8-15H2,1-5H3,(H,27,32)(H,28,38)(H,29,36)(H,30,37). The van der Waals surface area contributed by atoms with Crippen molar-refractivity contribution in [3.63, 3.8) is 0 Å². The van der Waals surface area contributed by atoms with Crippen molar-refractivity contribution in [2.75, 3.05) is 46.1 Å². The number of aliphatic hydroxyl groups is 1. The maximum atomic E-state index is 13.0. The minimum absolute atomic E-state index is 0.0594. The first-order chi connectivity index (χ1) is 19.2. The van der Waals surface area contributed by atoms with Crippen LogP contribution in [0.25, 0.3) is 0 Å². The lowest BCUT2D eigenvalue weighted by molar-refractivity contribution is -0.147. The van der Waals surface area contributed by atoms with Crippen molar-refractivity contribution in [2.45, 2.75) is 53.2 Å². The fraction of sp³-hybridized carbons (Fsp3) is 0.692. The van der Waals surface area contributed by atoms with Crippen LogP contribution in [-0.4, -0.2) is 109 Å². The molecule has 1 rings (SSSR count). The Bertz CT molecular complexity index is 945. The maximum Gasteiger partial charge on any atom is 0.272 e. The van der Waals surface area contributed by atoms with Crippen molar-refractivity contribution in [1.82, 2.24) is 26.3 Å². The molecule has 0 aromatic heterocycles. The molecule has 1 heterocycles. The highest BCUT2D eigenvalue weighted by Crippen LogP contribution is 2.22. The summed E-state index contributed by atoms with van der Waals surface area (Å²) in [6.45, 7) is 9.24. The molecule has 0 saturated heterocycles. The van der Waals surface area contributed by atoms with Gasteiger partial charge in [0.2, 0.25) is 17.7 Å². The van der Waals surface area contributed by atoms with Crippen molar-refractivity contribution in [2.24, 2.45) is 17.3 Å². The number of rotatable bonds is 18. The molecule has 15 heteroatoms. The predicted molar refractivity (Wildman–Crippen MR) is 144 cm³/mol. The number of ether oxygens (including phenoxy) is 2. The fourth-order valence-corrected chi connectivity index (χ4v) is 3.79. The Balaban J connectivity index is 2.39. The van der Waals surface area contributed by atoms with Gasteiger partial charge in [0.1, 0.15) is 18.8 Å². The van der Waals surface area contributed by atoms with Crippen molar-refractivity contribution >= 4 is 35.4 Å². The van der Waals surface area contributed by atoms with Gasteiger partial charge in [-0.25, -0.2) is 5.48 Å². The Morgan fingerprint density at radius 3 is 2.05 bits per heavy atom. The highest BCUT2D eigenvalue weighted by atomic mass is 16.5. The van der Waals surface area contributed by atoms with Gasteiger partial charge in [0, 0.05) is 25.2 Å². The Morgan fingerprint density at radius 2 is 1.49 bits per heavy atom. The molecule has 0 bridgehead atoms. The number of carbonyl (C=O) groups excluding carboxylic acids is 6. The summed E-state index contributed by atoms with van der Waals surface area (Å²) in [5.41, 5.74) is 0.603. The number of amides is 6. The minimum atomic E-state index is -1.81. The number of nitrogens with one attached hydrogen (secondary N) is 4. The largest absolute Gasteiger partial charge is 0.382 e. The molecule has 1 aliphatic rings. The molecule has 0 aliphatic carbocycles. The van der Waals surface area contributed by atoms with Gasteiger partial charge in [-0.3, -0.25) is 38.9 Å². The molecular formula is C26H43N5O10. The summed E-state index contributed by atoms with van der Waals surface area (Å²) in [6.07, 6.45) is 0.711. The van der Waals surface area contributed by atoms with Gasteiger partial charge in [-0.15, -0.1) is 0 Å². The molecule has 6 N–H and O–H groups in total. The van der Waals surface area contributed by atoms with Crippen molar-refractivity contribution in [1.29, 1.82) is 0 Å². The summed E-state index contributed by atoms with van der Waals surface area (Å²) in [7, 11) is 0. The summed E-state index contributed by atoms with van der Waals surface area (Å²) in [5.74, 6) is -4.82. The quantitative estimate of drug-likeness (QED) is 0.0461. The van der Waals surface area contributed by atoms with Crippen LogP contribution >= 0.6 is 0 Å². The third kappa shape index (κ3) is 12.8. The highest BCUT2D eigenvalue weighted by Gasteiger charge is 2.38. The van der Waals surface area contributed by atoms with E-state index in [0.717, 1.165) is 4.90 Å². The Kier molecular flexibility index (Phi) is 15.1. The first-order valence-electron chi connectivity index (χ1n) is 13.3. The van der Waals surface area contributed by atoms with Crippen molar-refractivity contribution < 1.29 is 48.6 Å². The fourth-order valence-electron chi connectivity index (χ4n) is 3.79. The van der Waals surface area contributed by atoms with E-state index in [1.807, 2.05) is 0 Å². The van der Waals surface area contributed by atoms with Crippen LogP contribution in [0, 0.1) is 17.3 Å². The summed E-state index contributed by atoms with van der Waals surface area (Å²) in [4.78, 5) is 73.4. The van der Waals surface area contributed by atoms with E-state index in [2.05, 4.69) is 16.0 Å². The first kappa shape index (κ1) is 35.6. The lowest BCUT2D eigenvalue weighted by Crippen LogP contribution is -2.57. The van der Waals surface area contributed by atoms with Crippen LogP contribution in [0.15, 0.2) is 12.2 Å². The van der Waals surface area contributed by atoms with Crippen LogP contribution in [0.3, 0.4) is 0 Å². The molecule has 3 atom stereocenters. The maximum absolute atomic E-state index is 13.0. The third-order valence-corrected chi connectivity index (χ3v) is 5.95. The summed E-state index contributed by atoms with van der Waals surface area (Å²) >= 11 is 0. The second kappa shape index (κ2) is 17.4. The normalized spacial score (nSPS) is 15.5. The average molecular weight is 586 g/mol. The number of aliphatic hydroxyl groups excluding tert-OH is 1. The van der Waals surface area contributed by atoms with Gasteiger partial charge in [-0.1, -0.05) is 34.6 Å². The van der Waals surface area contributed by atoms with E-state index < -0.39 is 47.1 Å². The van der Waals surface area contributed by atoms with E-state index in [-0.39, 0.29) is 70.2 Å². The summed E-state index contributed by atoms with van der Waals surface area (Å²) in [5, 5.41) is 26.9. The second-order valence-corrected chi connectivity index (χ2v) is 10.9. The molecule has 3 unspecified atom stereocenters. The number of nitrogens with zero attached hydrogens (tertiary/aromatic N) is 1. The highest BCUT2D eigenvalue weighted by molar-refractivity contribution is 6.12. The number of hydrogen-bond donors (Lipinski definition) is 6. The molecule has 1 aliphatic heterocycles. The number of imide groups is 1. The minimum Gasteiger partial charge on any atom is -0.382 e. The molecule has 0 saturated carbocycles. The zero-order chi connectivity index (χ0) is 31.2. The van der Waals surface area contributed by atoms with E-state index >= 15 is 0 Å². The van der Waals surface area contributed by atoms with Crippen LogP contribution in [0.2, 0.25) is 0 Å². The van der Waals surface area contributed by atoms with Gasteiger partial charge in [0.15, 0.2) is 0 Å². The topological polar surface area (TPSA) is 213 Å². The molecule has 0 spiro atoms. The smallest absolute Gasteiger partial charge is 0.272 e. The number of hydroxylamine groups is 1. The van der Waals surface area contributed by atoms with Crippen LogP contribution in [0.4, 0.5) is 0 Å². The molecule has 0 aromatic rings. The zero-order valence-electron chi connectivity index (χ0n) is 24.2. The Hall–Kier alpha value is -3.40. The van der Waals surface area contributed by atoms with Crippen LogP contribution in [-0.2, 0) is 38.2 Å². The van der Waals surface area contributed by atoms with Crippen LogP contribution < -0.4 is 21.4 Å². The first-order valence-corrected chi connectivity index (χ1v) is 13.3. The molecule has 6 amide bonds. The lowest BCUT2D eigenvalue weighted by Gasteiger charge is -2.32. The van der Waals surface area contributed by atoms with Gasteiger partial charge in [0.05, 0.1) is 32.3 Å². The molecule has 0 aromatic carbocycles. The Labute approximate surface area is 239 Å². The monoisotopic (exact) mass is 585 g/mol. The van der Waals surface area contributed by atoms with E-state index in [9.17, 15) is 33.9 Å². The van der Waals surface area contributed by atoms with Crippen LogP contribution in [0.5, 0.6) is 0 Å². The second-order valence-electron chi connectivity index (χ2n) is 10.9. The molecular weight excluding hydrogens is 542 g/mol. The molecule has 41 heavy (non-hydrogen) atoms. The van der Waals surface area contributed by atoms with Crippen molar-refractivity contribution in [3.8, 4) is 0 Å². The number of hydrogen-bond acceptors (Lipinski definition) is 10. The summed E-state index contributed by atoms with van der Waals surface area (Å²) in [6, 6.07) is -1.02. The van der Waals surface area contributed by atoms with Gasteiger partial charge in [-0.05, 0) is 17.8 Å². The average Bonchev–Trinajstić information content (AvgIpc) is 3.22. The van der Waals surface area contributed by atoms with E-state index in [0.29, 0.717) is 0 Å². The molecule has 232 valence electrons. The zero-order valence-corrected chi connectivity index (χ0v) is 24.2. The molecule has 0 radical (unpaired) electrons. The van der Waals surface area contributed by atoms with Crippen LogP contribution in [0.1, 0.15) is 41.0 Å². The number of carbonyl (C=O) groups is 6. The van der Waals surface area contributed by atoms with Gasteiger partial charge < -0.3 is 30.5 Å². The van der Waals surface area contributed by atoms with Crippen molar-refractivity contribution in [3.05, 3.63) is 12.2 Å². The van der Waals surface area contributed by atoms with Gasteiger partial charge >= 0.3 is 0 Å².